The molecule has 1 aromatic carbocycles. The van der Waals surface area contributed by atoms with Gasteiger partial charge in [-0.05, 0) is 56.5 Å². The van der Waals surface area contributed by atoms with Crippen molar-refractivity contribution in [2.45, 2.75) is 34.1 Å². The quantitative estimate of drug-likeness (QED) is 0.805. The maximum Gasteiger partial charge on any atom is 0.0679 e. The molecule has 0 bridgehead atoms. The number of anilines is 1. The van der Waals surface area contributed by atoms with Crippen molar-refractivity contribution in [1.29, 1.82) is 0 Å². The largest absolute Gasteiger partial charge is 0.399 e. The van der Waals surface area contributed by atoms with Gasteiger partial charge in [0.25, 0.3) is 0 Å². The van der Waals surface area contributed by atoms with Gasteiger partial charge >= 0.3 is 0 Å². The predicted octanol–water partition coefficient (Wildman–Crippen LogP) is 2.94. The van der Waals surface area contributed by atoms with E-state index in [1.54, 1.807) is 0 Å². The number of nitrogens with two attached hydrogens (primary N) is 1. The summed E-state index contributed by atoms with van der Waals surface area (Å²) in [6.07, 6.45) is 1.02. The van der Waals surface area contributed by atoms with E-state index in [1.165, 1.54) is 11.3 Å². The van der Waals surface area contributed by atoms with E-state index in [4.69, 9.17) is 5.73 Å². The summed E-state index contributed by atoms with van der Waals surface area (Å²) in [4.78, 5) is 0. The van der Waals surface area contributed by atoms with E-state index in [0.29, 0.717) is 0 Å². The zero-order chi connectivity index (χ0) is 12.6. The molecule has 0 radical (unpaired) electrons. The maximum absolute atomic E-state index is 5.78. The first-order valence-corrected chi connectivity index (χ1v) is 5.96. The Hall–Kier alpha value is -1.77. The summed E-state index contributed by atoms with van der Waals surface area (Å²) in [5.41, 5.74) is 12.5. The lowest BCUT2D eigenvalue weighted by molar-refractivity contribution is 0.826. The van der Waals surface area contributed by atoms with Gasteiger partial charge in [0.1, 0.15) is 0 Å². The smallest absolute Gasteiger partial charge is 0.0679 e. The van der Waals surface area contributed by atoms with Gasteiger partial charge in [-0.1, -0.05) is 6.92 Å². The molecule has 2 rings (SSSR count). The first-order valence-electron chi connectivity index (χ1n) is 5.96. The summed E-state index contributed by atoms with van der Waals surface area (Å²) in [5.74, 6) is 0. The summed E-state index contributed by atoms with van der Waals surface area (Å²) >= 11 is 0. The van der Waals surface area contributed by atoms with Crippen molar-refractivity contribution < 1.29 is 0 Å². The van der Waals surface area contributed by atoms with E-state index in [0.717, 1.165) is 29.1 Å². The Labute approximate surface area is 102 Å². The Morgan fingerprint density at radius 3 is 2.47 bits per heavy atom. The minimum Gasteiger partial charge on any atom is -0.399 e. The highest BCUT2D eigenvalue weighted by Gasteiger charge is 2.12. The van der Waals surface area contributed by atoms with Gasteiger partial charge in [0.05, 0.1) is 11.4 Å². The van der Waals surface area contributed by atoms with E-state index >= 15 is 0 Å². The van der Waals surface area contributed by atoms with Crippen LogP contribution in [0.15, 0.2) is 18.2 Å². The van der Waals surface area contributed by atoms with Crippen LogP contribution in [0.2, 0.25) is 0 Å². The standard InChI is InChI=1S/C14H19N3/c1-5-13-10(3)16-17(11(13)4)14-7-6-12(15)8-9(14)2/h6-8H,5,15H2,1-4H3. The molecule has 0 saturated carbocycles. The number of aromatic nitrogens is 2. The van der Waals surface area contributed by atoms with Crippen LogP contribution < -0.4 is 5.73 Å². The third kappa shape index (κ3) is 1.93. The van der Waals surface area contributed by atoms with E-state index in [-0.39, 0.29) is 0 Å². The van der Waals surface area contributed by atoms with Crippen molar-refractivity contribution >= 4 is 5.69 Å². The number of aryl methyl sites for hydroxylation is 2. The number of nitrogen functional groups attached to an aromatic ring is 1. The molecular formula is C14H19N3. The highest BCUT2D eigenvalue weighted by Crippen LogP contribution is 2.22. The Kier molecular flexibility index (Phi) is 2.92. The summed E-state index contributed by atoms with van der Waals surface area (Å²) in [5, 5.41) is 4.62. The summed E-state index contributed by atoms with van der Waals surface area (Å²) in [6.45, 7) is 8.41. The Morgan fingerprint density at radius 2 is 1.94 bits per heavy atom. The lowest BCUT2D eigenvalue weighted by atomic mass is 10.1. The number of hydrogen-bond acceptors (Lipinski definition) is 2. The van der Waals surface area contributed by atoms with Crippen LogP contribution in [-0.2, 0) is 6.42 Å². The molecule has 3 nitrogen and oxygen atoms in total. The van der Waals surface area contributed by atoms with Gasteiger partial charge in [-0.3, -0.25) is 0 Å². The van der Waals surface area contributed by atoms with Crippen molar-refractivity contribution in [3.8, 4) is 5.69 Å². The molecule has 0 aliphatic rings. The molecule has 0 aliphatic heterocycles. The summed E-state index contributed by atoms with van der Waals surface area (Å²) < 4.78 is 2.02. The Morgan fingerprint density at radius 1 is 1.24 bits per heavy atom. The van der Waals surface area contributed by atoms with Crippen molar-refractivity contribution in [3.63, 3.8) is 0 Å². The van der Waals surface area contributed by atoms with Gasteiger partial charge in [-0.15, -0.1) is 0 Å². The first-order chi connectivity index (χ1) is 8.04. The van der Waals surface area contributed by atoms with Crippen molar-refractivity contribution in [2.24, 2.45) is 0 Å². The molecule has 1 aromatic heterocycles. The fourth-order valence-corrected chi connectivity index (χ4v) is 2.34. The van der Waals surface area contributed by atoms with Crippen LogP contribution in [0.3, 0.4) is 0 Å². The number of hydrogen-bond donors (Lipinski definition) is 1. The van der Waals surface area contributed by atoms with Crippen molar-refractivity contribution in [3.05, 3.63) is 40.7 Å². The minimum absolute atomic E-state index is 0.795. The molecule has 0 unspecified atom stereocenters. The van der Waals surface area contributed by atoms with Crippen LogP contribution >= 0.6 is 0 Å². The second-order valence-corrected chi connectivity index (χ2v) is 4.46. The molecule has 0 spiro atoms. The van der Waals surface area contributed by atoms with E-state index in [9.17, 15) is 0 Å². The van der Waals surface area contributed by atoms with Gasteiger partial charge in [-0.2, -0.15) is 5.10 Å². The zero-order valence-electron chi connectivity index (χ0n) is 10.9. The molecule has 3 heteroatoms. The van der Waals surface area contributed by atoms with Gasteiger partial charge in [-0.25, -0.2) is 4.68 Å². The summed E-state index contributed by atoms with van der Waals surface area (Å²) in [7, 11) is 0. The van der Waals surface area contributed by atoms with Gasteiger partial charge in [0.2, 0.25) is 0 Å². The Bertz CT molecular complexity index is 553. The fraction of sp³-hybridized carbons (Fsp3) is 0.357. The second-order valence-electron chi connectivity index (χ2n) is 4.46. The molecule has 0 saturated heterocycles. The van der Waals surface area contributed by atoms with Crippen LogP contribution in [0.25, 0.3) is 5.69 Å². The molecule has 17 heavy (non-hydrogen) atoms. The molecule has 1 heterocycles. The van der Waals surface area contributed by atoms with Gasteiger partial charge in [0.15, 0.2) is 0 Å². The van der Waals surface area contributed by atoms with Crippen LogP contribution in [0.5, 0.6) is 0 Å². The van der Waals surface area contributed by atoms with Crippen LogP contribution in [-0.4, -0.2) is 9.78 Å². The molecule has 0 atom stereocenters. The average Bonchev–Trinajstić information content (AvgIpc) is 2.54. The molecule has 0 aliphatic carbocycles. The number of benzene rings is 1. The highest BCUT2D eigenvalue weighted by molar-refractivity contribution is 5.51. The summed E-state index contributed by atoms with van der Waals surface area (Å²) in [6, 6.07) is 5.94. The van der Waals surface area contributed by atoms with Gasteiger partial charge < -0.3 is 5.73 Å². The van der Waals surface area contributed by atoms with Crippen molar-refractivity contribution in [2.75, 3.05) is 5.73 Å². The molecule has 2 aromatic rings. The normalized spacial score (nSPS) is 10.8. The third-order valence-corrected chi connectivity index (χ3v) is 3.24. The lowest BCUT2D eigenvalue weighted by Gasteiger charge is -2.09. The second kappa shape index (κ2) is 4.24. The Balaban J connectivity index is 2.61. The SMILES string of the molecule is CCc1c(C)nn(-c2ccc(N)cc2C)c1C. The van der Waals surface area contributed by atoms with Crippen LogP contribution in [0, 0.1) is 20.8 Å². The predicted molar refractivity (Wildman–Crippen MR) is 71.6 cm³/mol. The number of rotatable bonds is 2. The molecule has 2 N–H and O–H groups in total. The molecule has 0 fully saturated rings. The maximum atomic E-state index is 5.78. The van der Waals surface area contributed by atoms with Gasteiger partial charge in [0, 0.05) is 11.4 Å². The fourth-order valence-electron chi connectivity index (χ4n) is 2.34. The van der Waals surface area contributed by atoms with Crippen LogP contribution in [0.4, 0.5) is 5.69 Å². The molecule has 0 amide bonds. The molecular weight excluding hydrogens is 210 g/mol. The topological polar surface area (TPSA) is 43.8 Å². The minimum atomic E-state index is 0.795. The molecule has 90 valence electrons. The average molecular weight is 229 g/mol. The lowest BCUT2D eigenvalue weighted by Crippen LogP contribution is -2.02. The van der Waals surface area contributed by atoms with Crippen LogP contribution in [0.1, 0.15) is 29.4 Å². The van der Waals surface area contributed by atoms with Crippen molar-refractivity contribution in [1.82, 2.24) is 9.78 Å². The van der Waals surface area contributed by atoms with E-state index in [1.807, 2.05) is 22.9 Å². The first kappa shape index (κ1) is 11.7. The number of nitrogens with zero attached hydrogens (tertiary/aromatic N) is 2. The van der Waals surface area contributed by atoms with E-state index in [2.05, 4.69) is 32.8 Å². The highest BCUT2D eigenvalue weighted by atomic mass is 15.3. The van der Waals surface area contributed by atoms with E-state index < -0.39 is 0 Å². The monoisotopic (exact) mass is 229 g/mol. The zero-order valence-corrected chi connectivity index (χ0v) is 10.9. The third-order valence-electron chi connectivity index (χ3n) is 3.24.